The van der Waals surface area contributed by atoms with E-state index in [-0.39, 0.29) is 24.5 Å². The highest BCUT2D eigenvalue weighted by Crippen LogP contribution is 2.67. The number of carbonyl (C=O) groups is 5. The highest BCUT2D eigenvalue weighted by Gasteiger charge is 2.69. The number of allylic oxidation sites excluding steroid dienone is 1. The van der Waals surface area contributed by atoms with Gasteiger partial charge in [0.15, 0.2) is 0 Å². The van der Waals surface area contributed by atoms with Gasteiger partial charge in [0.2, 0.25) is 6.10 Å². The monoisotopic (exact) mass is 504 g/mol. The Morgan fingerprint density at radius 3 is 2.31 bits per heavy atom. The Morgan fingerprint density at radius 1 is 1.06 bits per heavy atom. The standard InChI is InChI=1S/C27H36O9/c1-13(28)35-22-15-10-14-16(27(5,21(15)31)18(25(22,2)3)12-19(29)33-6)8-9-26(4)17(14)11-20(30)36-23(26)24(32)34-7/h15-16,18,22-23H,8-12H2,1-7H3/t15-,16?,18+,22+,23+,26-,27-/m1/s1. The van der Waals surface area contributed by atoms with Crippen LogP contribution in [0, 0.1) is 34.0 Å². The van der Waals surface area contributed by atoms with Crippen molar-refractivity contribution in [3.63, 3.8) is 0 Å². The van der Waals surface area contributed by atoms with Crippen molar-refractivity contribution in [2.45, 2.75) is 78.9 Å². The van der Waals surface area contributed by atoms with Gasteiger partial charge in [0.25, 0.3) is 0 Å². The van der Waals surface area contributed by atoms with Gasteiger partial charge in [0.05, 0.1) is 26.6 Å². The van der Waals surface area contributed by atoms with Crippen molar-refractivity contribution in [1.29, 1.82) is 0 Å². The van der Waals surface area contributed by atoms with E-state index in [1.54, 1.807) is 0 Å². The maximum atomic E-state index is 14.1. The minimum absolute atomic E-state index is 0.000562. The lowest BCUT2D eigenvalue weighted by molar-refractivity contribution is -0.198. The summed E-state index contributed by atoms with van der Waals surface area (Å²) in [5.74, 6) is -3.40. The molecule has 0 amide bonds. The molecule has 1 aliphatic heterocycles. The van der Waals surface area contributed by atoms with Crippen molar-refractivity contribution >= 4 is 29.7 Å². The van der Waals surface area contributed by atoms with E-state index in [1.807, 2.05) is 27.7 Å². The molecular formula is C27H36O9. The Hall–Kier alpha value is -2.71. The predicted molar refractivity (Wildman–Crippen MR) is 125 cm³/mol. The molecule has 2 saturated carbocycles. The van der Waals surface area contributed by atoms with E-state index in [4.69, 9.17) is 18.9 Å². The number of esters is 4. The molecule has 9 nitrogen and oxygen atoms in total. The molecule has 0 radical (unpaired) electrons. The Kier molecular flexibility index (Phi) is 6.37. The molecule has 1 heterocycles. The Balaban J connectivity index is 1.92. The summed E-state index contributed by atoms with van der Waals surface area (Å²) in [6, 6.07) is 0. The molecule has 4 aliphatic rings. The van der Waals surface area contributed by atoms with Crippen LogP contribution in [0.3, 0.4) is 0 Å². The molecule has 0 aromatic carbocycles. The first-order chi connectivity index (χ1) is 16.7. The van der Waals surface area contributed by atoms with Crippen molar-refractivity contribution < 1.29 is 42.9 Å². The van der Waals surface area contributed by atoms with E-state index < -0.39 is 64.2 Å². The van der Waals surface area contributed by atoms with Crippen LogP contribution in [0.15, 0.2) is 11.1 Å². The summed E-state index contributed by atoms with van der Waals surface area (Å²) in [4.78, 5) is 64.1. The van der Waals surface area contributed by atoms with Crippen LogP contribution in [0.4, 0.5) is 0 Å². The fourth-order valence-corrected chi connectivity index (χ4v) is 7.93. The lowest BCUT2D eigenvalue weighted by atomic mass is 9.40. The summed E-state index contributed by atoms with van der Waals surface area (Å²) in [5, 5.41) is 0. The molecule has 1 saturated heterocycles. The smallest absolute Gasteiger partial charge is 0.348 e. The van der Waals surface area contributed by atoms with Gasteiger partial charge in [-0.25, -0.2) is 4.79 Å². The van der Waals surface area contributed by atoms with Crippen molar-refractivity contribution in [3.05, 3.63) is 11.1 Å². The Morgan fingerprint density at radius 2 is 1.72 bits per heavy atom. The van der Waals surface area contributed by atoms with Crippen molar-refractivity contribution in [1.82, 2.24) is 0 Å². The number of ether oxygens (including phenoxy) is 4. The topological polar surface area (TPSA) is 122 Å². The molecule has 0 aromatic heterocycles. The van der Waals surface area contributed by atoms with E-state index in [2.05, 4.69) is 0 Å². The second-order valence-electron chi connectivity index (χ2n) is 11.7. The van der Waals surface area contributed by atoms with E-state index in [0.29, 0.717) is 19.3 Å². The number of ketones is 1. The summed E-state index contributed by atoms with van der Waals surface area (Å²) in [6.07, 6.45) is -0.354. The largest absolute Gasteiger partial charge is 0.469 e. The van der Waals surface area contributed by atoms with Gasteiger partial charge in [-0.3, -0.25) is 19.2 Å². The quantitative estimate of drug-likeness (QED) is 0.323. The van der Waals surface area contributed by atoms with Crippen LogP contribution in [0.2, 0.25) is 0 Å². The number of rotatable bonds is 4. The number of fused-ring (bicyclic) bond motifs is 5. The molecule has 3 aliphatic carbocycles. The van der Waals surface area contributed by atoms with E-state index in [9.17, 15) is 24.0 Å². The SMILES string of the molecule is COC(=O)C[C@H]1C(C)(C)[C@@H](OC(C)=O)[C@@H]2CC3=C4CC(=O)O[C@@H](C(=O)OC)[C@]4(C)CCC3[C@@]1(C)C2=O. The van der Waals surface area contributed by atoms with Crippen LogP contribution in [0.5, 0.6) is 0 Å². The van der Waals surface area contributed by atoms with Gasteiger partial charge in [-0.05, 0) is 36.7 Å². The van der Waals surface area contributed by atoms with Gasteiger partial charge >= 0.3 is 23.9 Å². The average Bonchev–Trinajstić information content (AvgIpc) is 2.81. The van der Waals surface area contributed by atoms with Crippen LogP contribution in [-0.2, 0) is 42.9 Å². The highest BCUT2D eigenvalue weighted by atomic mass is 16.6. The molecule has 4 rings (SSSR count). The van der Waals surface area contributed by atoms with Gasteiger partial charge in [0.1, 0.15) is 11.9 Å². The molecule has 3 fully saturated rings. The van der Waals surface area contributed by atoms with Crippen LogP contribution in [-0.4, -0.2) is 56.1 Å². The molecule has 0 aromatic rings. The second-order valence-corrected chi connectivity index (χ2v) is 11.7. The number of hydrogen-bond acceptors (Lipinski definition) is 9. The summed E-state index contributed by atoms with van der Waals surface area (Å²) < 4.78 is 21.2. The average molecular weight is 505 g/mol. The second kappa shape index (κ2) is 8.70. The zero-order valence-corrected chi connectivity index (χ0v) is 22.1. The third kappa shape index (κ3) is 3.60. The summed E-state index contributed by atoms with van der Waals surface area (Å²) in [7, 11) is 2.58. The van der Waals surface area contributed by atoms with Crippen LogP contribution >= 0.6 is 0 Å². The summed E-state index contributed by atoms with van der Waals surface area (Å²) >= 11 is 0. The molecule has 9 heteroatoms. The number of hydrogen-bond donors (Lipinski definition) is 0. The van der Waals surface area contributed by atoms with Gasteiger partial charge < -0.3 is 18.9 Å². The van der Waals surface area contributed by atoms with Gasteiger partial charge in [0, 0.05) is 29.6 Å². The van der Waals surface area contributed by atoms with E-state index in [1.165, 1.54) is 21.1 Å². The first kappa shape index (κ1) is 26.4. The van der Waals surface area contributed by atoms with Gasteiger partial charge in [-0.15, -0.1) is 0 Å². The molecule has 0 spiro atoms. The molecule has 36 heavy (non-hydrogen) atoms. The fraction of sp³-hybridized carbons (Fsp3) is 0.741. The lowest BCUT2D eigenvalue weighted by Gasteiger charge is -2.63. The molecule has 198 valence electrons. The molecule has 2 bridgehead atoms. The normalized spacial score (nSPS) is 38.8. The first-order valence-electron chi connectivity index (χ1n) is 12.5. The van der Waals surface area contributed by atoms with Crippen molar-refractivity contribution in [2.24, 2.45) is 34.0 Å². The molecular weight excluding hydrogens is 468 g/mol. The number of carbonyl (C=O) groups excluding carboxylic acids is 5. The van der Waals surface area contributed by atoms with Crippen LogP contribution < -0.4 is 0 Å². The number of Topliss-reactive ketones (excluding diaryl/α,β-unsaturated/α-hetero) is 1. The molecule has 0 N–H and O–H groups in total. The maximum Gasteiger partial charge on any atom is 0.348 e. The maximum absolute atomic E-state index is 14.1. The first-order valence-corrected chi connectivity index (χ1v) is 12.5. The minimum Gasteiger partial charge on any atom is -0.469 e. The zero-order chi connectivity index (χ0) is 26.8. The molecule has 1 unspecified atom stereocenters. The summed E-state index contributed by atoms with van der Waals surface area (Å²) in [6.45, 7) is 9.03. The zero-order valence-electron chi connectivity index (χ0n) is 22.1. The highest BCUT2D eigenvalue weighted by molar-refractivity contribution is 5.93. The number of methoxy groups -OCH3 is 2. The number of cyclic esters (lactones) is 1. The summed E-state index contributed by atoms with van der Waals surface area (Å²) in [5.41, 5.74) is -0.633. The molecule has 7 atom stereocenters. The van der Waals surface area contributed by atoms with Crippen LogP contribution in [0.1, 0.15) is 66.7 Å². The predicted octanol–water partition coefficient (Wildman–Crippen LogP) is 2.93. The fourth-order valence-electron chi connectivity index (χ4n) is 7.93. The Labute approximate surface area is 211 Å². The van der Waals surface area contributed by atoms with E-state index in [0.717, 1.165) is 11.1 Å². The third-order valence-electron chi connectivity index (χ3n) is 9.66. The minimum atomic E-state index is -1.07. The third-order valence-corrected chi connectivity index (χ3v) is 9.66. The van der Waals surface area contributed by atoms with Gasteiger partial charge in [-0.1, -0.05) is 33.3 Å². The Bertz CT molecular complexity index is 1060. The van der Waals surface area contributed by atoms with Crippen molar-refractivity contribution in [3.8, 4) is 0 Å². The van der Waals surface area contributed by atoms with E-state index >= 15 is 0 Å². The van der Waals surface area contributed by atoms with Crippen LogP contribution in [0.25, 0.3) is 0 Å². The van der Waals surface area contributed by atoms with Gasteiger partial charge in [-0.2, -0.15) is 0 Å². The van der Waals surface area contributed by atoms with Crippen molar-refractivity contribution in [2.75, 3.05) is 14.2 Å². The lowest BCUT2D eigenvalue weighted by Crippen LogP contribution is -2.67.